The zero-order chi connectivity index (χ0) is 21.9. The molecule has 1 N–H and O–H groups in total. The van der Waals surface area contributed by atoms with Gasteiger partial charge in [-0.3, -0.25) is 0 Å². The van der Waals surface area contributed by atoms with Crippen LogP contribution < -0.4 is 4.90 Å². The first kappa shape index (κ1) is 28.6. The minimum Gasteiger partial charge on any atom is -0.421 e. The molecule has 0 heterocycles. The van der Waals surface area contributed by atoms with Gasteiger partial charge in [0.2, 0.25) is 0 Å². The van der Waals surface area contributed by atoms with E-state index in [1.165, 1.54) is 51.6 Å². The van der Waals surface area contributed by atoms with E-state index in [1.807, 2.05) is 0 Å². The lowest BCUT2D eigenvalue weighted by molar-refractivity contribution is -0.880. The summed E-state index contributed by atoms with van der Waals surface area (Å²) in [5, 5.41) is 0. The number of hydrogen-bond donors (Lipinski definition) is 1. The SMILES string of the molecule is CCCCCC[NH+](C)CCCC.O=S(=O)([N-]S(=O)(=O)C(F)(F)F)C(F)(F)F. The molecule has 166 valence electrons. The number of nitrogens with one attached hydrogen (secondary N) is 1. The van der Waals surface area contributed by atoms with E-state index in [1.54, 1.807) is 4.90 Å². The highest BCUT2D eigenvalue weighted by molar-refractivity contribution is 8.13. The summed E-state index contributed by atoms with van der Waals surface area (Å²) in [7, 11) is -11.1. The normalized spacial score (nSPS) is 14.4. The molecule has 0 saturated heterocycles. The fraction of sp³-hybridized carbons (Fsp3) is 1.00. The third-order valence-corrected chi connectivity index (χ3v) is 5.94. The summed E-state index contributed by atoms with van der Waals surface area (Å²) in [6.07, 6.45) is 8.35. The van der Waals surface area contributed by atoms with Gasteiger partial charge in [-0.1, -0.05) is 33.1 Å². The van der Waals surface area contributed by atoms with Crippen molar-refractivity contribution in [1.82, 2.24) is 0 Å². The van der Waals surface area contributed by atoms with Crippen LogP contribution in [0, 0.1) is 0 Å². The molecule has 0 aromatic carbocycles. The fourth-order valence-electron chi connectivity index (χ4n) is 1.67. The predicted molar refractivity (Wildman–Crippen MR) is 89.0 cm³/mol. The summed E-state index contributed by atoms with van der Waals surface area (Å²) in [5.74, 6) is 0. The minimum atomic E-state index is -6.72. The third-order valence-electron chi connectivity index (χ3n) is 3.20. The number of sulfonamides is 2. The molecule has 14 heteroatoms. The maximum atomic E-state index is 11.4. The molecule has 27 heavy (non-hydrogen) atoms. The first-order chi connectivity index (χ1) is 12.0. The summed E-state index contributed by atoms with van der Waals surface area (Å²) < 4.78 is 109. The molecular weight excluding hydrogens is 426 g/mol. The Morgan fingerprint density at radius 1 is 0.704 bits per heavy atom. The molecule has 0 bridgehead atoms. The Balaban J connectivity index is 0. The molecule has 0 aliphatic heterocycles. The van der Waals surface area contributed by atoms with Gasteiger partial charge in [-0.05, 0) is 19.3 Å². The van der Waals surface area contributed by atoms with Crippen molar-refractivity contribution in [2.45, 2.75) is 63.4 Å². The van der Waals surface area contributed by atoms with Crippen LogP contribution in [0.25, 0.3) is 4.13 Å². The molecule has 0 rings (SSSR count). The lowest BCUT2D eigenvalue weighted by Gasteiger charge is -2.22. The Kier molecular flexibility index (Phi) is 12.8. The van der Waals surface area contributed by atoms with Gasteiger partial charge in [-0.15, -0.1) is 0 Å². The number of nitrogens with zero attached hydrogens (tertiary/aromatic N) is 1. The Bertz CT molecular complexity index is 561. The van der Waals surface area contributed by atoms with Crippen molar-refractivity contribution in [3.63, 3.8) is 0 Å². The van der Waals surface area contributed by atoms with Crippen molar-refractivity contribution in [2.75, 3.05) is 20.1 Å². The van der Waals surface area contributed by atoms with E-state index in [4.69, 9.17) is 0 Å². The predicted octanol–water partition coefficient (Wildman–Crippen LogP) is 2.94. The topological polar surface area (TPSA) is 86.8 Å². The largest absolute Gasteiger partial charge is 0.480 e. The van der Waals surface area contributed by atoms with E-state index in [9.17, 15) is 43.2 Å². The number of halogens is 6. The van der Waals surface area contributed by atoms with Crippen LogP contribution in [0.4, 0.5) is 26.3 Å². The highest BCUT2D eigenvalue weighted by Gasteiger charge is 2.46. The van der Waals surface area contributed by atoms with Gasteiger partial charge < -0.3 is 9.03 Å². The quantitative estimate of drug-likeness (QED) is 0.408. The summed E-state index contributed by atoms with van der Waals surface area (Å²) in [6, 6.07) is 0. The van der Waals surface area contributed by atoms with Gasteiger partial charge in [0.1, 0.15) is 0 Å². The molecule has 0 aliphatic rings. The molecule has 1 atom stereocenters. The van der Waals surface area contributed by atoms with Crippen LogP contribution in [-0.2, 0) is 20.0 Å². The van der Waals surface area contributed by atoms with Gasteiger partial charge in [0.15, 0.2) is 20.0 Å². The Morgan fingerprint density at radius 3 is 1.41 bits per heavy atom. The zero-order valence-corrected chi connectivity index (χ0v) is 17.0. The van der Waals surface area contributed by atoms with Crippen LogP contribution in [0.2, 0.25) is 0 Å². The van der Waals surface area contributed by atoms with E-state index in [2.05, 4.69) is 20.9 Å². The Hall–Kier alpha value is -0.600. The number of rotatable bonds is 10. The first-order valence-electron chi connectivity index (χ1n) is 8.20. The molecule has 6 nitrogen and oxygen atoms in total. The second-order valence-electron chi connectivity index (χ2n) is 5.79. The van der Waals surface area contributed by atoms with Crippen LogP contribution in [0.3, 0.4) is 0 Å². The summed E-state index contributed by atoms with van der Waals surface area (Å²) in [6.45, 7) is 7.28. The molecule has 0 spiro atoms. The van der Waals surface area contributed by atoms with Gasteiger partial charge >= 0.3 is 11.0 Å². The van der Waals surface area contributed by atoms with Gasteiger partial charge in [0.05, 0.1) is 20.1 Å². The molecule has 0 aromatic rings. The smallest absolute Gasteiger partial charge is 0.421 e. The van der Waals surface area contributed by atoms with Crippen molar-refractivity contribution < 1.29 is 48.1 Å². The molecular formula is C13H26F6N2O4S2. The van der Waals surface area contributed by atoms with E-state index >= 15 is 0 Å². The van der Waals surface area contributed by atoms with Crippen molar-refractivity contribution in [3.8, 4) is 0 Å². The second-order valence-corrected chi connectivity index (χ2v) is 9.21. The van der Waals surface area contributed by atoms with Gasteiger partial charge in [0.25, 0.3) is 0 Å². The van der Waals surface area contributed by atoms with Gasteiger partial charge in [-0.25, -0.2) is 16.8 Å². The van der Waals surface area contributed by atoms with Crippen molar-refractivity contribution in [3.05, 3.63) is 4.13 Å². The van der Waals surface area contributed by atoms with Crippen LogP contribution in [-0.4, -0.2) is 48.0 Å². The van der Waals surface area contributed by atoms with Crippen LogP contribution in [0.5, 0.6) is 0 Å². The molecule has 0 aliphatic carbocycles. The summed E-state index contributed by atoms with van der Waals surface area (Å²) >= 11 is 0. The van der Waals surface area contributed by atoms with Crippen LogP contribution in [0.1, 0.15) is 52.4 Å². The van der Waals surface area contributed by atoms with E-state index < -0.39 is 31.1 Å². The van der Waals surface area contributed by atoms with E-state index in [0.29, 0.717) is 0 Å². The lowest BCUT2D eigenvalue weighted by Crippen LogP contribution is -3.09. The first-order valence-corrected chi connectivity index (χ1v) is 11.1. The third kappa shape index (κ3) is 12.5. The average molecular weight is 452 g/mol. The average Bonchev–Trinajstić information content (AvgIpc) is 2.47. The molecule has 1 unspecified atom stereocenters. The van der Waals surface area contributed by atoms with Gasteiger partial charge in [-0.2, -0.15) is 26.3 Å². The highest BCUT2D eigenvalue weighted by Crippen LogP contribution is 2.36. The maximum Gasteiger partial charge on any atom is 0.480 e. The maximum absolute atomic E-state index is 11.4. The lowest BCUT2D eigenvalue weighted by atomic mass is 10.2. The Labute approximate surface area is 156 Å². The molecule has 0 fully saturated rings. The number of hydrogen-bond acceptors (Lipinski definition) is 4. The molecule has 0 radical (unpaired) electrons. The highest BCUT2D eigenvalue weighted by atomic mass is 32.3. The van der Waals surface area contributed by atoms with Gasteiger partial charge in [0, 0.05) is 0 Å². The van der Waals surface area contributed by atoms with E-state index in [-0.39, 0.29) is 0 Å². The zero-order valence-electron chi connectivity index (χ0n) is 15.3. The monoisotopic (exact) mass is 452 g/mol. The summed E-state index contributed by atoms with van der Waals surface area (Å²) in [5.41, 5.74) is -12.4. The van der Waals surface area contributed by atoms with Crippen molar-refractivity contribution in [1.29, 1.82) is 0 Å². The Morgan fingerprint density at radius 2 is 1.07 bits per heavy atom. The molecule has 0 amide bonds. The van der Waals surface area contributed by atoms with E-state index in [0.717, 1.165) is 4.13 Å². The minimum absolute atomic E-state index is 0.778. The fourth-order valence-corrected chi connectivity index (χ4v) is 3.38. The number of alkyl halides is 6. The molecule has 0 aromatic heterocycles. The van der Waals surface area contributed by atoms with Crippen LogP contribution in [0.15, 0.2) is 0 Å². The number of quaternary nitrogens is 1. The van der Waals surface area contributed by atoms with Crippen molar-refractivity contribution >= 4 is 20.0 Å². The molecule has 0 saturated carbocycles. The number of unbranched alkanes of at least 4 members (excludes halogenated alkanes) is 4. The standard InChI is InChI=1S/C11H25N.C2F6NO4S2/c1-4-6-8-9-11-12(3)10-7-5-2;3-1(4,5)14(10,11)9-15(12,13)2(6,7)8/h4-11H2,1-3H3;/q;-1/p+1. The van der Waals surface area contributed by atoms with Crippen molar-refractivity contribution in [2.24, 2.45) is 0 Å². The van der Waals surface area contributed by atoms with Crippen LogP contribution >= 0.6 is 0 Å². The summed E-state index contributed by atoms with van der Waals surface area (Å²) in [4.78, 5) is 1.72. The second kappa shape index (κ2) is 12.1.